The maximum atomic E-state index is 13.0. The Labute approximate surface area is 174 Å². The molecule has 0 aliphatic heterocycles. The smallest absolute Gasteiger partial charge is 0.242 e. The predicted octanol–water partition coefficient (Wildman–Crippen LogP) is 2.12. The van der Waals surface area contributed by atoms with E-state index < -0.39 is 15.8 Å². The highest BCUT2D eigenvalue weighted by atomic mass is 32.2. The van der Waals surface area contributed by atoms with Gasteiger partial charge in [-0.1, -0.05) is 6.07 Å². The molecule has 8 nitrogen and oxygen atoms in total. The number of nitrogens with zero attached hydrogens (tertiary/aromatic N) is 4. The number of sulfonamides is 1. The van der Waals surface area contributed by atoms with Crippen LogP contribution in [0.1, 0.15) is 18.4 Å². The van der Waals surface area contributed by atoms with E-state index in [0.717, 1.165) is 22.0 Å². The van der Waals surface area contributed by atoms with Crippen LogP contribution in [0.2, 0.25) is 0 Å². The van der Waals surface area contributed by atoms with Crippen molar-refractivity contribution in [1.29, 1.82) is 0 Å². The SMILES string of the molecule is CN(CCCC(=O)NCc1cccnc1-n1cccn1)S(=O)(=O)c1ccc(F)cc1. The molecular formula is C20H22FN5O3S. The zero-order valence-corrected chi connectivity index (χ0v) is 17.2. The van der Waals surface area contributed by atoms with E-state index in [4.69, 9.17) is 0 Å². The van der Waals surface area contributed by atoms with Crippen molar-refractivity contribution in [3.63, 3.8) is 0 Å². The summed E-state index contributed by atoms with van der Waals surface area (Å²) in [4.78, 5) is 16.5. The molecule has 10 heteroatoms. The molecule has 0 saturated carbocycles. The molecule has 0 aliphatic carbocycles. The largest absolute Gasteiger partial charge is 0.352 e. The van der Waals surface area contributed by atoms with Crippen molar-refractivity contribution in [2.24, 2.45) is 0 Å². The highest BCUT2D eigenvalue weighted by Gasteiger charge is 2.20. The minimum Gasteiger partial charge on any atom is -0.352 e. The van der Waals surface area contributed by atoms with Gasteiger partial charge in [-0.15, -0.1) is 0 Å². The molecule has 0 atom stereocenters. The van der Waals surface area contributed by atoms with Gasteiger partial charge >= 0.3 is 0 Å². The van der Waals surface area contributed by atoms with E-state index in [1.807, 2.05) is 6.07 Å². The van der Waals surface area contributed by atoms with Crippen molar-refractivity contribution in [2.45, 2.75) is 24.3 Å². The van der Waals surface area contributed by atoms with Gasteiger partial charge in [-0.05, 0) is 42.8 Å². The first-order chi connectivity index (χ1) is 14.4. The lowest BCUT2D eigenvalue weighted by Crippen LogP contribution is -2.29. The third-order valence-electron chi connectivity index (χ3n) is 4.46. The zero-order valence-electron chi connectivity index (χ0n) is 16.4. The van der Waals surface area contributed by atoms with Crippen molar-refractivity contribution in [3.05, 3.63) is 72.4 Å². The van der Waals surface area contributed by atoms with E-state index in [2.05, 4.69) is 15.4 Å². The summed E-state index contributed by atoms with van der Waals surface area (Å²) in [5.41, 5.74) is 0.811. The molecule has 2 heterocycles. The van der Waals surface area contributed by atoms with Gasteiger partial charge in [-0.2, -0.15) is 5.10 Å². The Morgan fingerprint density at radius 1 is 1.17 bits per heavy atom. The zero-order chi connectivity index (χ0) is 21.6. The first kappa shape index (κ1) is 21.6. The van der Waals surface area contributed by atoms with Crippen molar-refractivity contribution < 1.29 is 17.6 Å². The van der Waals surface area contributed by atoms with Gasteiger partial charge in [0, 0.05) is 50.7 Å². The minimum absolute atomic E-state index is 0.0126. The van der Waals surface area contributed by atoms with Crippen molar-refractivity contribution in [1.82, 2.24) is 24.4 Å². The number of hydrogen-bond donors (Lipinski definition) is 1. The van der Waals surface area contributed by atoms with Gasteiger partial charge in [0.15, 0.2) is 5.82 Å². The fourth-order valence-electron chi connectivity index (χ4n) is 2.82. The van der Waals surface area contributed by atoms with Crippen LogP contribution < -0.4 is 5.32 Å². The van der Waals surface area contributed by atoms with Crippen LogP contribution in [0.4, 0.5) is 4.39 Å². The molecule has 2 aromatic heterocycles. The van der Waals surface area contributed by atoms with Gasteiger partial charge in [0.25, 0.3) is 0 Å². The average Bonchev–Trinajstić information content (AvgIpc) is 3.27. The number of pyridine rings is 1. The fraction of sp³-hybridized carbons (Fsp3) is 0.250. The molecule has 158 valence electrons. The molecule has 1 amide bonds. The Morgan fingerprint density at radius 2 is 1.93 bits per heavy atom. The molecule has 1 aromatic carbocycles. The second-order valence-corrected chi connectivity index (χ2v) is 8.64. The standard InChI is InChI=1S/C20H22FN5O3S/c1-25(30(28,29)18-9-7-17(21)8-10-18)13-3-6-19(27)23-15-16-5-2-11-22-20(16)26-14-4-12-24-26/h2,4-5,7-12,14H,3,6,13,15H2,1H3,(H,23,27). The van der Waals surface area contributed by atoms with Gasteiger partial charge in [-0.25, -0.2) is 26.8 Å². The summed E-state index contributed by atoms with van der Waals surface area (Å²) in [6.07, 6.45) is 5.58. The van der Waals surface area contributed by atoms with E-state index in [-0.39, 0.29) is 30.3 Å². The van der Waals surface area contributed by atoms with E-state index in [1.165, 1.54) is 19.2 Å². The van der Waals surface area contributed by atoms with Crippen molar-refractivity contribution in [3.8, 4) is 5.82 Å². The van der Waals surface area contributed by atoms with Crippen molar-refractivity contribution >= 4 is 15.9 Å². The number of halogens is 1. The number of hydrogen-bond acceptors (Lipinski definition) is 5. The molecule has 0 bridgehead atoms. The maximum absolute atomic E-state index is 13.0. The van der Waals surface area contributed by atoms with Gasteiger partial charge in [0.05, 0.1) is 4.90 Å². The monoisotopic (exact) mass is 431 g/mol. The highest BCUT2D eigenvalue weighted by Crippen LogP contribution is 2.15. The summed E-state index contributed by atoms with van der Waals surface area (Å²) in [7, 11) is -2.29. The number of nitrogens with one attached hydrogen (secondary N) is 1. The summed E-state index contributed by atoms with van der Waals surface area (Å²) >= 11 is 0. The summed E-state index contributed by atoms with van der Waals surface area (Å²) in [6.45, 7) is 0.449. The Bertz CT molecular complexity index is 1090. The summed E-state index contributed by atoms with van der Waals surface area (Å²) in [6, 6.07) is 10.1. The number of aromatic nitrogens is 3. The lowest BCUT2D eigenvalue weighted by Gasteiger charge is -2.17. The van der Waals surface area contributed by atoms with Crippen molar-refractivity contribution in [2.75, 3.05) is 13.6 Å². The van der Waals surface area contributed by atoms with Crippen LogP contribution in [0.3, 0.4) is 0 Å². The molecule has 0 spiro atoms. The quantitative estimate of drug-likeness (QED) is 0.560. The summed E-state index contributed by atoms with van der Waals surface area (Å²) < 4.78 is 40.7. The number of rotatable bonds is 9. The first-order valence-corrected chi connectivity index (χ1v) is 10.7. The molecule has 0 aliphatic rings. The van der Waals surface area contributed by atoms with Crippen LogP contribution >= 0.6 is 0 Å². The molecule has 0 fully saturated rings. The van der Waals surface area contributed by atoms with Crippen LogP contribution in [0.15, 0.2) is 66.0 Å². The molecule has 3 rings (SSSR count). The second kappa shape index (κ2) is 9.59. The molecule has 0 unspecified atom stereocenters. The molecule has 0 saturated heterocycles. The minimum atomic E-state index is -3.72. The highest BCUT2D eigenvalue weighted by molar-refractivity contribution is 7.89. The lowest BCUT2D eigenvalue weighted by molar-refractivity contribution is -0.121. The van der Waals surface area contributed by atoms with E-state index in [0.29, 0.717) is 12.2 Å². The summed E-state index contributed by atoms with van der Waals surface area (Å²) in [5, 5.41) is 6.98. The van der Waals surface area contributed by atoms with E-state index in [9.17, 15) is 17.6 Å². The molecule has 3 aromatic rings. The van der Waals surface area contributed by atoms with Gasteiger partial charge in [0.1, 0.15) is 5.82 Å². The lowest BCUT2D eigenvalue weighted by atomic mass is 10.2. The molecule has 0 radical (unpaired) electrons. The van der Waals surface area contributed by atoms with Crippen LogP contribution in [-0.2, 0) is 21.4 Å². The Hall–Kier alpha value is -3.11. The van der Waals surface area contributed by atoms with Crippen LogP contribution in [-0.4, -0.2) is 47.0 Å². The number of amides is 1. The fourth-order valence-corrected chi connectivity index (χ4v) is 4.03. The Morgan fingerprint density at radius 3 is 2.63 bits per heavy atom. The predicted molar refractivity (Wildman–Crippen MR) is 109 cm³/mol. The van der Waals surface area contributed by atoms with E-state index in [1.54, 1.807) is 35.4 Å². The summed E-state index contributed by atoms with van der Waals surface area (Å²) in [5.74, 6) is -0.0663. The van der Waals surface area contributed by atoms with Gasteiger partial charge < -0.3 is 5.32 Å². The topological polar surface area (TPSA) is 97.2 Å². The third kappa shape index (κ3) is 5.28. The molecule has 1 N–H and O–H groups in total. The molecule has 30 heavy (non-hydrogen) atoms. The Balaban J connectivity index is 1.49. The Kier molecular flexibility index (Phi) is 6.91. The number of benzene rings is 1. The number of carbonyl (C=O) groups excluding carboxylic acids is 1. The normalized spacial score (nSPS) is 11.6. The third-order valence-corrected chi connectivity index (χ3v) is 6.33. The maximum Gasteiger partial charge on any atom is 0.242 e. The first-order valence-electron chi connectivity index (χ1n) is 9.30. The van der Waals surface area contributed by atoms with Crippen LogP contribution in [0.25, 0.3) is 5.82 Å². The van der Waals surface area contributed by atoms with Crippen LogP contribution in [0.5, 0.6) is 0 Å². The molecular weight excluding hydrogens is 409 g/mol. The average molecular weight is 431 g/mol. The number of carbonyl (C=O) groups is 1. The van der Waals surface area contributed by atoms with Gasteiger partial charge in [-0.3, -0.25) is 4.79 Å². The van der Waals surface area contributed by atoms with E-state index >= 15 is 0 Å². The van der Waals surface area contributed by atoms with Crippen LogP contribution in [0, 0.1) is 5.82 Å². The van der Waals surface area contributed by atoms with Gasteiger partial charge in [0.2, 0.25) is 15.9 Å². The second-order valence-electron chi connectivity index (χ2n) is 6.60.